The van der Waals surface area contributed by atoms with Crippen molar-refractivity contribution in [3.05, 3.63) is 23.7 Å². The Kier molecular flexibility index (Phi) is 10.2. The molecule has 14 heteroatoms. The molecule has 3 aromatic heterocycles. The summed E-state index contributed by atoms with van der Waals surface area (Å²) >= 11 is 0. The van der Waals surface area contributed by atoms with Crippen LogP contribution in [0.25, 0.3) is 11.0 Å². The van der Waals surface area contributed by atoms with E-state index in [0.29, 0.717) is 40.6 Å². The average Bonchev–Trinajstić information content (AvgIpc) is 3.27. The maximum Gasteiger partial charge on any atom is 0.411 e. The molecule has 1 aliphatic rings. The minimum atomic E-state index is -1.26. The third-order valence-corrected chi connectivity index (χ3v) is 6.29. The van der Waals surface area contributed by atoms with Gasteiger partial charge in [0.2, 0.25) is 5.95 Å². The van der Waals surface area contributed by atoms with Gasteiger partial charge < -0.3 is 25.6 Å². The highest BCUT2D eigenvalue weighted by Gasteiger charge is 2.22. The maximum atomic E-state index is 11.2. The lowest BCUT2D eigenvalue weighted by Gasteiger charge is -2.22. The molecule has 202 valence electrons. The first kappa shape index (κ1) is 28.3. The number of nitrogens with one attached hydrogen (secondary N) is 3. The summed E-state index contributed by atoms with van der Waals surface area (Å²) in [7, 11) is 1.61. The van der Waals surface area contributed by atoms with E-state index < -0.39 is 6.09 Å². The quantitative estimate of drug-likeness (QED) is 0.244. The molecule has 0 unspecified atom stereocenters. The van der Waals surface area contributed by atoms with Crippen molar-refractivity contribution in [2.75, 3.05) is 37.4 Å². The molecule has 0 bridgehead atoms. The molecule has 1 amide bonds. The molecule has 37 heavy (non-hydrogen) atoms. The zero-order chi connectivity index (χ0) is 25.5. The van der Waals surface area contributed by atoms with Gasteiger partial charge in [0.05, 0.1) is 25.5 Å². The first-order valence-corrected chi connectivity index (χ1v) is 12.2. The van der Waals surface area contributed by atoms with Crippen molar-refractivity contribution in [2.45, 2.75) is 57.5 Å². The van der Waals surface area contributed by atoms with E-state index in [1.54, 1.807) is 18.0 Å². The van der Waals surface area contributed by atoms with Gasteiger partial charge in [-0.05, 0) is 38.8 Å². The first-order chi connectivity index (χ1) is 17.5. The predicted octanol–water partition coefficient (Wildman–Crippen LogP) is 2.61. The zero-order valence-electron chi connectivity index (χ0n) is 21.0. The van der Waals surface area contributed by atoms with Gasteiger partial charge in [-0.1, -0.05) is 13.3 Å². The van der Waals surface area contributed by atoms with Gasteiger partial charge in [-0.25, -0.2) is 9.78 Å². The molecule has 5 N–H and O–H groups in total. The smallest absolute Gasteiger partial charge is 0.411 e. The molecule has 1 saturated heterocycles. The van der Waals surface area contributed by atoms with E-state index in [0.717, 1.165) is 44.5 Å². The third kappa shape index (κ3) is 6.93. The van der Waals surface area contributed by atoms with Crippen molar-refractivity contribution < 1.29 is 19.7 Å². The summed E-state index contributed by atoms with van der Waals surface area (Å²) in [6.45, 7) is 4.25. The van der Waals surface area contributed by atoms with E-state index >= 15 is 0 Å². The van der Waals surface area contributed by atoms with Crippen molar-refractivity contribution in [2.24, 2.45) is 0 Å². The Bertz CT molecular complexity index is 1180. The lowest BCUT2D eigenvalue weighted by molar-refractivity contribution is 0.209. The summed E-state index contributed by atoms with van der Waals surface area (Å²) in [5, 5.41) is 41.0. The van der Waals surface area contributed by atoms with Gasteiger partial charge in [-0.3, -0.25) is 10.00 Å². The van der Waals surface area contributed by atoms with Crippen LogP contribution in [-0.2, 0) is 6.54 Å². The Morgan fingerprint density at radius 1 is 1.27 bits per heavy atom. The normalized spacial score (nSPS) is 14.7. The van der Waals surface area contributed by atoms with E-state index in [1.165, 1.54) is 0 Å². The number of methoxy groups -OCH3 is 1. The van der Waals surface area contributed by atoms with Crippen LogP contribution in [0.1, 0.15) is 56.3 Å². The number of fused-ring (bicyclic) bond motifs is 1. The number of amides is 1. The Labute approximate surface area is 220 Å². The van der Waals surface area contributed by atoms with Gasteiger partial charge in [-0.2, -0.15) is 15.2 Å². The molecule has 0 aliphatic carbocycles. The summed E-state index contributed by atoms with van der Waals surface area (Å²) in [4.78, 5) is 19.9. The Hall–Kier alpha value is -3.29. The van der Waals surface area contributed by atoms with Crippen molar-refractivity contribution in [1.82, 2.24) is 35.3 Å². The van der Waals surface area contributed by atoms with Crippen molar-refractivity contribution >= 4 is 41.3 Å². The molecule has 0 saturated carbocycles. The molecule has 1 atom stereocenters. The van der Waals surface area contributed by atoms with Gasteiger partial charge in [0.15, 0.2) is 5.82 Å². The second-order valence-corrected chi connectivity index (χ2v) is 8.81. The lowest BCUT2D eigenvalue weighted by Crippen LogP contribution is -2.27. The molecule has 4 heterocycles. The standard InChI is InChI=1S/C23H33N9O4.ClH/c1-3-4-15(7-10-33)26-21-20-17(27-22(28-21)29-23(34)35)12-25-32(20)13-18-19(36-2)11-16(30-31-18)14-5-8-24-9-6-14;/h11-12,14-15,24,33H,3-10,13H2,1-2H3,(H,34,35)(H2,26,27,28,29);1H/t15-;/m0./s1. The lowest BCUT2D eigenvalue weighted by atomic mass is 9.94. The van der Waals surface area contributed by atoms with Gasteiger partial charge in [0.1, 0.15) is 22.5 Å². The van der Waals surface area contributed by atoms with Crippen molar-refractivity contribution in [3.8, 4) is 5.75 Å². The summed E-state index contributed by atoms with van der Waals surface area (Å²) in [6.07, 6.45) is 4.54. The van der Waals surface area contributed by atoms with Crippen LogP contribution in [0.5, 0.6) is 5.75 Å². The molecule has 3 aromatic rings. The van der Waals surface area contributed by atoms with Crippen LogP contribution < -0.4 is 20.7 Å². The van der Waals surface area contributed by atoms with Crippen LogP contribution in [0, 0.1) is 0 Å². The highest BCUT2D eigenvalue weighted by Crippen LogP contribution is 2.29. The zero-order valence-corrected chi connectivity index (χ0v) is 21.8. The fraction of sp³-hybridized carbons (Fsp3) is 0.565. The third-order valence-electron chi connectivity index (χ3n) is 6.29. The number of carbonyl (C=O) groups is 1. The Morgan fingerprint density at radius 2 is 2.05 bits per heavy atom. The van der Waals surface area contributed by atoms with E-state index in [2.05, 4.69) is 48.1 Å². The fourth-order valence-electron chi connectivity index (χ4n) is 4.52. The summed E-state index contributed by atoms with van der Waals surface area (Å²) in [5.41, 5.74) is 2.59. The van der Waals surface area contributed by atoms with Crippen molar-refractivity contribution in [1.29, 1.82) is 0 Å². The molecule has 0 radical (unpaired) electrons. The highest BCUT2D eigenvalue weighted by molar-refractivity contribution is 5.89. The molecular weight excluding hydrogens is 502 g/mol. The molecule has 4 rings (SSSR count). The molecular formula is C23H34ClN9O4. The number of carboxylic acid groups (broad SMARTS) is 1. The number of ether oxygens (including phenoxy) is 1. The fourth-order valence-corrected chi connectivity index (χ4v) is 4.52. The van der Waals surface area contributed by atoms with Crippen LogP contribution in [0.4, 0.5) is 16.6 Å². The number of nitrogens with zero attached hydrogens (tertiary/aromatic N) is 6. The minimum absolute atomic E-state index is 0. The van der Waals surface area contributed by atoms with E-state index in [9.17, 15) is 9.90 Å². The second-order valence-electron chi connectivity index (χ2n) is 8.81. The summed E-state index contributed by atoms with van der Waals surface area (Å²) in [6, 6.07) is 1.89. The number of aliphatic hydroxyl groups is 1. The predicted molar refractivity (Wildman–Crippen MR) is 141 cm³/mol. The largest absolute Gasteiger partial charge is 0.495 e. The topological polar surface area (TPSA) is 172 Å². The number of piperidine rings is 1. The SMILES string of the molecule is CCC[C@@H](CCO)Nc1nc(NC(=O)O)nc2cnn(Cc3nnc(C4CCNCC4)cc3OC)c12.Cl. The number of rotatable bonds is 11. The van der Waals surface area contributed by atoms with Gasteiger partial charge in [0, 0.05) is 24.6 Å². The monoisotopic (exact) mass is 535 g/mol. The average molecular weight is 536 g/mol. The highest BCUT2D eigenvalue weighted by atomic mass is 35.5. The first-order valence-electron chi connectivity index (χ1n) is 12.2. The molecule has 13 nitrogen and oxygen atoms in total. The molecule has 1 fully saturated rings. The number of hydrogen-bond acceptors (Lipinski definition) is 10. The van der Waals surface area contributed by atoms with Crippen LogP contribution in [0.2, 0.25) is 0 Å². The van der Waals surface area contributed by atoms with E-state index in [1.807, 2.05) is 6.07 Å². The molecule has 1 aliphatic heterocycles. The second kappa shape index (κ2) is 13.3. The van der Waals surface area contributed by atoms with Crippen LogP contribution >= 0.6 is 12.4 Å². The molecule has 0 aromatic carbocycles. The maximum absolute atomic E-state index is 11.2. The van der Waals surface area contributed by atoms with Crippen LogP contribution in [-0.4, -0.2) is 79.1 Å². The van der Waals surface area contributed by atoms with E-state index in [-0.39, 0.29) is 37.5 Å². The molecule has 0 spiro atoms. The summed E-state index contributed by atoms with van der Waals surface area (Å²) < 4.78 is 7.35. The van der Waals surface area contributed by atoms with Crippen LogP contribution in [0.3, 0.4) is 0 Å². The Morgan fingerprint density at radius 3 is 2.73 bits per heavy atom. The number of aliphatic hydroxyl groups excluding tert-OH is 1. The Balaban J connectivity index is 0.00000380. The van der Waals surface area contributed by atoms with E-state index in [4.69, 9.17) is 9.84 Å². The van der Waals surface area contributed by atoms with Gasteiger partial charge in [0.25, 0.3) is 0 Å². The summed E-state index contributed by atoms with van der Waals surface area (Å²) in [5.74, 6) is 1.34. The van der Waals surface area contributed by atoms with Gasteiger partial charge >= 0.3 is 6.09 Å². The van der Waals surface area contributed by atoms with Gasteiger partial charge in [-0.15, -0.1) is 17.5 Å². The minimum Gasteiger partial charge on any atom is -0.495 e. The number of anilines is 2. The number of hydrogen-bond donors (Lipinski definition) is 5. The number of aromatic nitrogens is 6. The van der Waals surface area contributed by atoms with Crippen LogP contribution in [0.15, 0.2) is 12.3 Å². The van der Waals surface area contributed by atoms with Crippen molar-refractivity contribution in [3.63, 3.8) is 0 Å². The number of halogens is 1.